The van der Waals surface area contributed by atoms with E-state index in [1.54, 1.807) is 18.2 Å². The fraction of sp³-hybridized carbons (Fsp3) is 0.160. The predicted octanol–water partition coefficient (Wildman–Crippen LogP) is 4.54. The van der Waals surface area contributed by atoms with Crippen molar-refractivity contribution < 1.29 is 37.4 Å². The number of benzene rings is 2. The molecule has 1 aliphatic heterocycles. The number of urea groups is 1. The van der Waals surface area contributed by atoms with Gasteiger partial charge in [-0.15, -0.1) is 0 Å². The lowest BCUT2D eigenvalue weighted by molar-refractivity contribution is -0.123. The molecule has 1 aromatic heterocycles. The zero-order valence-corrected chi connectivity index (χ0v) is 19.9. The van der Waals surface area contributed by atoms with Gasteiger partial charge in [0.15, 0.2) is 11.5 Å². The molecular formula is C25H20ClFN2O7. The van der Waals surface area contributed by atoms with Crippen LogP contribution in [0.4, 0.5) is 9.18 Å². The molecule has 1 saturated heterocycles. The molecule has 0 aliphatic carbocycles. The van der Waals surface area contributed by atoms with Crippen molar-refractivity contribution in [3.05, 3.63) is 87.7 Å². The van der Waals surface area contributed by atoms with E-state index in [1.807, 2.05) is 0 Å². The summed E-state index contributed by atoms with van der Waals surface area (Å²) in [6, 6.07) is 11.3. The van der Waals surface area contributed by atoms with Gasteiger partial charge in [-0.1, -0.05) is 29.8 Å². The highest BCUT2D eigenvalue weighted by Gasteiger charge is 2.35. The minimum Gasteiger partial charge on any atom is -0.493 e. The van der Waals surface area contributed by atoms with E-state index in [0.29, 0.717) is 11.1 Å². The van der Waals surface area contributed by atoms with Gasteiger partial charge in [0.2, 0.25) is 5.76 Å². The van der Waals surface area contributed by atoms with E-state index in [-0.39, 0.29) is 46.9 Å². The maximum Gasteiger partial charge on any atom is 0.373 e. The van der Waals surface area contributed by atoms with Gasteiger partial charge in [0.25, 0.3) is 5.91 Å². The van der Waals surface area contributed by atoms with Gasteiger partial charge >= 0.3 is 12.0 Å². The van der Waals surface area contributed by atoms with Crippen LogP contribution in [-0.2, 0) is 22.7 Å². The van der Waals surface area contributed by atoms with Crippen molar-refractivity contribution in [3.8, 4) is 11.5 Å². The highest BCUT2D eigenvalue weighted by molar-refractivity contribution is 6.31. The molecule has 2 aromatic carbocycles. The predicted molar refractivity (Wildman–Crippen MR) is 126 cm³/mol. The number of amides is 3. The van der Waals surface area contributed by atoms with Gasteiger partial charge in [-0.3, -0.25) is 9.69 Å². The molecule has 3 amide bonds. The SMILES string of the molecule is COC(=O)c1ccc(CN2C(=O)N/C(=C\c3cc(Cl)cc(OC)c3OCc3ccccc3F)C2=O)o1. The van der Waals surface area contributed by atoms with Gasteiger partial charge in [-0.2, -0.15) is 0 Å². The summed E-state index contributed by atoms with van der Waals surface area (Å²) in [6.07, 6.45) is 1.38. The Bertz CT molecular complexity index is 1370. The quantitative estimate of drug-likeness (QED) is 0.267. The van der Waals surface area contributed by atoms with Crippen LogP contribution in [0, 0.1) is 5.82 Å². The third-order valence-corrected chi connectivity index (χ3v) is 5.44. The van der Waals surface area contributed by atoms with Crippen LogP contribution < -0.4 is 14.8 Å². The maximum absolute atomic E-state index is 14.1. The van der Waals surface area contributed by atoms with Crippen molar-refractivity contribution in [1.82, 2.24) is 10.2 Å². The number of furan rings is 1. The van der Waals surface area contributed by atoms with Crippen LogP contribution in [0.1, 0.15) is 27.4 Å². The van der Waals surface area contributed by atoms with Crippen LogP contribution in [0.5, 0.6) is 11.5 Å². The number of esters is 1. The maximum atomic E-state index is 14.1. The summed E-state index contributed by atoms with van der Waals surface area (Å²) in [6.45, 7) is -0.331. The Morgan fingerprint density at radius 2 is 1.94 bits per heavy atom. The molecule has 0 bridgehead atoms. The van der Waals surface area contributed by atoms with Crippen LogP contribution in [0.3, 0.4) is 0 Å². The van der Waals surface area contributed by atoms with Crippen molar-refractivity contribution in [2.45, 2.75) is 13.2 Å². The summed E-state index contributed by atoms with van der Waals surface area (Å²) in [5.41, 5.74) is 0.585. The van der Waals surface area contributed by atoms with Gasteiger partial charge < -0.3 is 23.9 Å². The van der Waals surface area contributed by atoms with Gasteiger partial charge in [0.05, 0.1) is 20.8 Å². The standard InChI is InChI=1S/C25H20ClFN2O7/c1-33-21-11-16(26)9-15(22(21)35-13-14-5-3-4-6-18(14)27)10-19-23(30)29(25(32)28-19)12-17-7-8-20(36-17)24(31)34-2/h3-11H,12-13H2,1-2H3,(H,28,32)/b19-10-. The number of ether oxygens (including phenoxy) is 3. The second kappa shape index (κ2) is 10.5. The zero-order valence-electron chi connectivity index (χ0n) is 19.2. The molecular weight excluding hydrogens is 495 g/mol. The van der Waals surface area contributed by atoms with Gasteiger partial charge in [0, 0.05) is 22.2 Å². The van der Waals surface area contributed by atoms with Crippen molar-refractivity contribution >= 4 is 35.6 Å². The largest absolute Gasteiger partial charge is 0.493 e. The third kappa shape index (κ3) is 5.18. The molecule has 11 heteroatoms. The average Bonchev–Trinajstić information content (AvgIpc) is 3.44. The number of carbonyl (C=O) groups excluding carboxylic acids is 3. The van der Waals surface area contributed by atoms with E-state index in [0.717, 1.165) is 4.90 Å². The van der Waals surface area contributed by atoms with E-state index >= 15 is 0 Å². The van der Waals surface area contributed by atoms with E-state index in [9.17, 15) is 18.8 Å². The molecule has 1 fully saturated rings. The first kappa shape index (κ1) is 24.8. The molecule has 9 nitrogen and oxygen atoms in total. The Labute approximate surface area is 210 Å². The van der Waals surface area contributed by atoms with Crippen molar-refractivity contribution in [1.29, 1.82) is 0 Å². The molecule has 1 N–H and O–H groups in total. The monoisotopic (exact) mass is 514 g/mol. The number of nitrogens with zero attached hydrogens (tertiary/aromatic N) is 1. The van der Waals surface area contributed by atoms with E-state index in [4.69, 9.17) is 25.5 Å². The van der Waals surface area contributed by atoms with Crippen LogP contribution in [0.15, 0.2) is 58.6 Å². The number of nitrogens with one attached hydrogen (secondary N) is 1. The second-order valence-corrected chi connectivity index (χ2v) is 7.98. The van der Waals surface area contributed by atoms with E-state index in [2.05, 4.69) is 10.1 Å². The van der Waals surface area contributed by atoms with Crippen molar-refractivity contribution in [3.63, 3.8) is 0 Å². The molecule has 2 heterocycles. The summed E-state index contributed by atoms with van der Waals surface area (Å²) in [5, 5.41) is 2.78. The van der Waals surface area contributed by atoms with Crippen molar-refractivity contribution in [2.75, 3.05) is 14.2 Å². The molecule has 1 aliphatic rings. The number of carbonyl (C=O) groups is 3. The molecule has 0 spiro atoms. The van der Waals surface area contributed by atoms with Gasteiger partial charge in [-0.05, 0) is 30.3 Å². The molecule has 0 radical (unpaired) electrons. The number of halogens is 2. The first-order valence-corrected chi connectivity index (χ1v) is 10.9. The lowest BCUT2D eigenvalue weighted by Crippen LogP contribution is -2.30. The Balaban J connectivity index is 1.60. The number of hydrogen-bond acceptors (Lipinski definition) is 7. The number of rotatable bonds is 8. The number of imide groups is 1. The molecule has 186 valence electrons. The molecule has 0 atom stereocenters. The molecule has 0 unspecified atom stereocenters. The van der Waals surface area contributed by atoms with Gasteiger partial charge in [0.1, 0.15) is 23.9 Å². The minimum atomic E-state index is -0.690. The fourth-order valence-electron chi connectivity index (χ4n) is 3.47. The van der Waals surface area contributed by atoms with Crippen LogP contribution in [0.25, 0.3) is 6.08 Å². The van der Waals surface area contributed by atoms with E-state index in [1.165, 1.54) is 50.6 Å². The lowest BCUT2D eigenvalue weighted by atomic mass is 10.1. The van der Waals surface area contributed by atoms with Crippen LogP contribution in [-0.4, -0.2) is 37.0 Å². The zero-order chi connectivity index (χ0) is 25.8. The number of methoxy groups -OCH3 is 2. The Kier molecular flexibility index (Phi) is 7.25. The highest BCUT2D eigenvalue weighted by Crippen LogP contribution is 2.37. The Morgan fingerprint density at radius 3 is 2.67 bits per heavy atom. The molecule has 4 rings (SSSR count). The van der Waals surface area contributed by atoms with Gasteiger partial charge in [-0.25, -0.2) is 14.0 Å². The Morgan fingerprint density at radius 1 is 1.17 bits per heavy atom. The first-order valence-electron chi connectivity index (χ1n) is 10.6. The molecule has 36 heavy (non-hydrogen) atoms. The average molecular weight is 515 g/mol. The smallest absolute Gasteiger partial charge is 0.373 e. The van der Waals surface area contributed by atoms with E-state index < -0.39 is 23.7 Å². The molecule has 0 saturated carbocycles. The van der Waals surface area contributed by atoms with Crippen LogP contribution >= 0.6 is 11.6 Å². The minimum absolute atomic E-state index is 0.0557. The topological polar surface area (TPSA) is 107 Å². The number of hydrogen-bond donors (Lipinski definition) is 1. The Hall–Kier alpha value is -4.31. The fourth-order valence-corrected chi connectivity index (χ4v) is 3.68. The van der Waals surface area contributed by atoms with Crippen LogP contribution in [0.2, 0.25) is 5.02 Å². The summed E-state index contributed by atoms with van der Waals surface area (Å²) >= 11 is 6.21. The summed E-state index contributed by atoms with van der Waals surface area (Å²) in [4.78, 5) is 38.0. The molecule has 3 aromatic rings. The second-order valence-electron chi connectivity index (χ2n) is 7.54. The summed E-state index contributed by atoms with van der Waals surface area (Å²) < 4.78 is 35.2. The lowest BCUT2D eigenvalue weighted by Gasteiger charge is -2.15. The third-order valence-electron chi connectivity index (χ3n) is 5.22. The normalized spacial score (nSPS) is 14.2. The van der Waals surface area contributed by atoms with Crippen molar-refractivity contribution in [2.24, 2.45) is 0 Å². The first-order chi connectivity index (χ1) is 17.3. The highest BCUT2D eigenvalue weighted by atomic mass is 35.5. The summed E-state index contributed by atoms with van der Waals surface area (Å²) in [7, 11) is 2.62. The summed E-state index contributed by atoms with van der Waals surface area (Å²) in [5.74, 6) is -1.16.